The largest absolute Gasteiger partial charge is 0.192 e. The molecule has 3 rings (SSSR count). The molecule has 0 radical (unpaired) electrons. The minimum absolute atomic E-state index is 0.411. The Bertz CT molecular complexity index is 935. The second kappa shape index (κ2) is 12.5. The van der Waals surface area contributed by atoms with Crippen molar-refractivity contribution in [2.75, 3.05) is 0 Å². The van der Waals surface area contributed by atoms with Gasteiger partial charge >= 0.3 is 0 Å². The summed E-state index contributed by atoms with van der Waals surface area (Å²) in [5.41, 5.74) is 5.51. The van der Waals surface area contributed by atoms with E-state index in [0.29, 0.717) is 17.0 Å². The Balaban J connectivity index is 1.75. The standard InChI is InChI=1S/C30H38N2/c1-3-5-6-7-8-10-24-13-17-26(18-14-24)28-20-19-27(29(21-31)30(28)22-32)25-15-11-23(9-4-2)12-16-25/h13-14,17-20,23,25H,3-12,15-16H2,1-2H3. The van der Waals surface area contributed by atoms with Gasteiger partial charge in [0.25, 0.3) is 0 Å². The van der Waals surface area contributed by atoms with E-state index in [-0.39, 0.29) is 0 Å². The van der Waals surface area contributed by atoms with E-state index in [4.69, 9.17) is 0 Å². The van der Waals surface area contributed by atoms with E-state index in [1.165, 1.54) is 63.4 Å². The summed E-state index contributed by atoms with van der Waals surface area (Å²) in [6, 6.07) is 17.6. The Hall–Kier alpha value is -2.58. The first-order chi connectivity index (χ1) is 15.7. The highest BCUT2D eigenvalue weighted by Gasteiger charge is 2.26. The van der Waals surface area contributed by atoms with Crippen LogP contribution in [0.25, 0.3) is 11.1 Å². The smallest absolute Gasteiger partial charge is 0.101 e. The fraction of sp³-hybridized carbons (Fsp3) is 0.533. The maximum absolute atomic E-state index is 9.97. The predicted molar refractivity (Wildman–Crippen MR) is 133 cm³/mol. The molecule has 32 heavy (non-hydrogen) atoms. The second-order valence-corrected chi connectivity index (χ2v) is 9.54. The van der Waals surface area contributed by atoms with Crippen LogP contribution < -0.4 is 0 Å². The van der Waals surface area contributed by atoms with Crippen LogP contribution in [0.4, 0.5) is 0 Å². The molecule has 0 saturated heterocycles. The van der Waals surface area contributed by atoms with E-state index in [1.807, 2.05) is 0 Å². The van der Waals surface area contributed by atoms with Gasteiger partial charge in [0, 0.05) is 5.56 Å². The van der Waals surface area contributed by atoms with Crippen molar-refractivity contribution in [1.82, 2.24) is 0 Å². The summed E-state index contributed by atoms with van der Waals surface area (Å²) >= 11 is 0. The molecule has 168 valence electrons. The molecule has 2 heteroatoms. The number of benzene rings is 2. The highest BCUT2D eigenvalue weighted by atomic mass is 14.3. The van der Waals surface area contributed by atoms with Crippen molar-refractivity contribution in [2.24, 2.45) is 5.92 Å². The molecule has 0 amide bonds. The summed E-state index contributed by atoms with van der Waals surface area (Å²) in [4.78, 5) is 0. The Labute approximate surface area is 195 Å². The Morgan fingerprint density at radius 1 is 0.750 bits per heavy atom. The summed E-state index contributed by atoms with van der Waals surface area (Å²) < 4.78 is 0. The van der Waals surface area contributed by atoms with E-state index in [9.17, 15) is 10.5 Å². The van der Waals surface area contributed by atoms with Gasteiger partial charge in [-0.3, -0.25) is 0 Å². The molecule has 2 nitrogen and oxygen atoms in total. The van der Waals surface area contributed by atoms with Crippen molar-refractivity contribution in [2.45, 2.75) is 96.8 Å². The molecule has 0 bridgehead atoms. The minimum atomic E-state index is 0.411. The van der Waals surface area contributed by atoms with E-state index in [0.717, 1.165) is 41.9 Å². The summed E-state index contributed by atoms with van der Waals surface area (Å²) in [5, 5.41) is 19.9. The summed E-state index contributed by atoms with van der Waals surface area (Å²) in [5.74, 6) is 1.25. The van der Waals surface area contributed by atoms with Gasteiger partial charge in [-0.1, -0.05) is 88.8 Å². The zero-order chi connectivity index (χ0) is 22.8. The zero-order valence-corrected chi connectivity index (χ0v) is 20.0. The Morgan fingerprint density at radius 3 is 2.06 bits per heavy atom. The lowest BCUT2D eigenvalue weighted by Crippen LogP contribution is -2.14. The maximum Gasteiger partial charge on any atom is 0.101 e. The lowest BCUT2D eigenvalue weighted by Gasteiger charge is -2.29. The van der Waals surface area contributed by atoms with Crippen LogP contribution in [0.15, 0.2) is 36.4 Å². The number of aryl methyl sites for hydroxylation is 1. The monoisotopic (exact) mass is 426 g/mol. The molecular weight excluding hydrogens is 388 g/mol. The normalized spacial score (nSPS) is 18.1. The molecule has 1 saturated carbocycles. The fourth-order valence-electron chi connectivity index (χ4n) is 5.39. The van der Waals surface area contributed by atoms with E-state index in [1.54, 1.807) is 0 Å². The Morgan fingerprint density at radius 2 is 1.44 bits per heavy atom. The van der Waals surface area contributed by atoms with Crippen molar-refractivity contribution in [3.8, 4) is 23.3 Å². The van der Waals surface area contributed by atoms with E-state index < -0.39 is 0 Å². The van der Waals surface area contributed by atoms with Gasteiger partial charge in [-0.25, -0.2) is 0 Å². The number of rotatable bonds is 10. The average Bonchev–Trinajstić information content (AvgIpc) is 2.84. The molecular formula is C30H38N2. The molecule has 1 fully saturated rings. The van der Waals surface area contributed by atoms with Gasteiger partial charge in [0.05, 0.1) is 11.1 Å². The number of nitriles is 2. The summed E-state index contributed by atoms with van der Waals surface area (Å²) in [6.45, 7) is 4.51. The number of unbranched alkanes of at least 4 members (excludes halogenated alkanes) is 4. The maximum atomic E-state index is 9.97. The highest BCUT2D eigenvalue weighted by Crippen LogP contribution is 2.40. The zero-order valence-electron chi connectivity index (χ0n) is 20.0. The van der Waals surface area contributed by atoms with Crippen LogP contribution >= 0.6 is 0 Å². The lowest BCUT2D eigenvalue weighted by molar-refractivity contribution is 0.308. The van der Waals surface area contributed by atoms with Crippen LogP contribution in [0.5, 0.6) is 0 Å². The lowest BCUT2D eigenvalue weighted by atomic mass is 9.75. The second-order valence-electron chi connectivity index (χ2n) is 9.54. The number of hydrogen-bond donors (Lipinski definition) is 0. The van der Waals surface area contributed by atoms with E-state index >= 15 is 0 Å². The van der Waals surface area contributed by atoms with Crippen molar-refractivity contribution < 1.29 is 0 Å². The summed E-state index contributed by atoms with van der Waals surface area (Å²) in [6.07, 6.45) is 14.9. The van der Waals surface area contributed by atoms with Crippen molar-refractivity contribution in [1.29, 1.82) is 10.5 Å². The van der Waals surface area contributed by atoms with Crippen LogP contribution in [0, 0.1) is 28.6 Å². The van der Waals surface area contributed by atoms with Crippen LogP contribution in [0.1, 0.15) is 113 Å². The third-order valence-electron chi connectivity index (χ3n) is 7.28. The molecule has 0 spiro atoms. The number of hydrogen-bond acceptors (Lipinski definition) is 2. The van der Waals surface area contributed by atoms with Gasteiger partial charge in [-0.2, -0.15) is 10.5 Å². The van der Waals surface area contributed by atoms with Crippen LogP contribution in [0.2, 0.25) is 0 Å². The topological polar surface area (TPSA) is 47.6 Å². The third-order valence-corrected chi connectivity index (χ3v) is 7.28. The quantitative estimate of drug-likeness (QED) is 0.357. The molecule has 1 aliphatic carbocycles. The van der Waals surface area contributed by atoms with E-state index in [2.05, 4.69) is 62.4 Å². The molecule has 0 atom stereocenters. The van der Waals surface area contributed by atoms with Gasteiger partial charge in [0.15, 0.2) is 0 Å². The van der Waals surface area contributed by atoms with Crippen LogP contribution in [-0.4, -0.2) is 0 Å². The Kier molecular flexibility index (Phi) is 9.37. The number of nitrogens with zero attached hydrogens (tertiary/aromatic N) is 2. The van der Waals surface area contributed by atoms with Gasteiger partial charge in [0.2, 0.25) is 0 Å². The molecule has 0 aliphatic heterocycles. The van der Waals surface area contributed by atoms with Crippen LogP contribution in [0.3, 0.4) is 0 Å². The van der Waals surface area contributed by atoms with Crippen molar-refractivity contribution in [3.63, 3.8) is 0 Å². The highest BCUT2D eigenvalue weighted by molar-refractivity contribution is 5.75. The molecule has 0 N–H and O–H groups in total. The first-order valence-electron chi connectivity index (χ1n) is 12.8. The molecule has 1 aliphatic rings. The fourth-order valence-corrected chi connectivity index (χ4v) is 5.39. The molecule has 2 aromatic rings. The minimum Gasteiger partial charge on any atom is -0.192 e. The van der Waals surface area contributed by atoms with Gasteiger partial charge in [-0.15, -0.1) is 0 Å². The van der Waals surface area contributed by atoms with Crippen molar-refractivity contribution in [3.05, 3.63) is 58.7 Å². The first kappa shape index (κ1) is 24.1. The molecule has 0 unspecified atom stereocenters. The van der Waals surface area contributed by atoms with Gasteiger partial charge in [0.1, 0.15) is 12.1 Å². The molecule has 2 aromatic carbocycles. The van der Waals surface area contributed by atoms with Crippen LogP contribution in [-0.2, 0) is 6.42 Å². The first-order valence-corrected chi connectivity index (χ1v) is 12.8. The average molecular weight is 427 g/mol. The van der Waals surface area contributed by atoms with Crippen molar-refractivity contribution >= 4 is 0 Å². The summed E-state index contributed by atoms with van der Waals surface area (Å²) in [7, 11) is 0. The van der Waals surface area contributed by atoms with Gasteiger partial charge < -0.3 is 0 Å². The predicted octanol–water partition coefficient (Wildman–Crippen LogP) is 8.68. The molecule has 0 heterocycles. The SMILES string of the molecule is CCCCCCCc1ccc(-c2ccc(C3CCC(CCC)CC3)c(C#N)c2C#N)cc1. The molecule has 0 aromatic heterocycles. The van der Waals surface area contributed by atoms with Gasteiger partial charge in [-0.05, 0) is 67.1 Å². The third kappa shape index (κ3) is 6.01.